The zero-order valence-electron chi connectivity index (χ0n) is 15.1. The van der Waals surface area contributed by atoms with Gasteiger partial charge in [0.2, 0.25) is 5.88 Å². The first kappa shape index (κ1) is 16.9. The second kappa shape index (κ2) is 5.83. The number of rotatable bonds is 4. The van der Waals surface area contributed by atoms with E-state index in [9.17, 15) is 4.79 Å². The van der Waals surface area contributed by atoms with E-state index in [0.717, 1.165) is 29.8 Å². The van der Waals surface area contributed by atoms with Crippen molar-refractivity contribution in [2.45, 2.75) is 53.9 Å². The van der Waals surface area contributed by atoms with Crippen LogP contribution in [0.4, 0.5) is 0 Å². The van der Waals surface area contributed by atoms with Gasteiger partial charge in [-0.3, -0.25) is 4.79 Å². The van der Waals surface area contributed by atoms with Crippen LogP contribution in [0.25, 0.3) is 0 Å². The summed E-state index contributed by atoms with van der Waals surface area (Å²) < 4.78 is 5.39. The molecule has 6 heteroatoms. The highest BCUT2D eigenvalue weighted by molar-refractivity contribution is 5.95. The van der Waals surface area contributed by atoms with Crippen LogP contribution in [-0.2, 0) is 4.79 Å². The molecule has 3 rings (SSSR count). The van der Waals surface area contributed by atoms with Gasteiger partial charge in [0.15, 0.2) is 6.61 Å². The van der Waals surface area contributed by atoms with Crippen molar-refractivity contribution in [1.82, 2.24) is 15.6 Å². The van der Waals surface area contributed by atoms with E-state index in [1.807, 2.05) is 13.8 Å². The third-order valence-corrected chi connectivity index (χ3v) is 6.39. The minimum atomic E-state index is -0.272. The van der Waals surface area contributed by atoms with Crippen molar-refractivity contribution >= 4 is 11.6 Å². The summed E-state index contributed by atoms with van der Waals surface area (Å²) in [6, 6.07) is 1.78. The van der Waals surface area contributed by atoms with Gasteiger partial charge in [-0.15, -0.1) is 5.10 Å². The van der Waals surface area contributed by atoms with Crippen LogP contribution in [0, 0.1) is 30.6 Å². The molecule has 1 heterocycles. The van der Waals surface area contributed by atoms with Crippen molar-refractivity contribution in [3.63, 3.8) is 0 Å². The van der Waals surface area contributed by atoms with Crippen molar-refractivity contribution in [3.05, 3.63) is 17.3 Å². The first-order valence-corrected chi connectivity index (χ1v) is 8.53. The van der Waals surface area contributed by atoms with Gasteiger partial charge in [-0.1, -0.05) is 20.8 Å². The number of fused-ring (bicyclic) bond motifs is 2. The van der Waals surface area contributed by atoms with E-state index >= 15 is 0 Å². The minimum absolute atomic E-state index is 0.0886. The Balaban J connectivity index is 1.57. The fourth-order valence-electron chi connectivity index (χ4n) is 3.99. The predicted octanol–water partition coefficient (Wildman–Crippen LogP) is 2.79. The van der Waals surface area contributed by atoms with Crippen LogP contribution in [0.15, 0.2) is 11.2 Å². The van der Waals surface area contributed by atoms with Crippen LogP contribution in [0.3, 0.4) is 0 Å². The largest absolute Gasteiger partial charge is 0.466 e. The number of ether oxygens (including phenoxy) is 1. The van der Waals surface area contributed by atoms with Gasteiger partial charge >= 0.3 is 0 Å². The molecule has 0 radical (unpaired) electrons. The SMILES string of the molecule is Cc1cc(OCC(=O)N/N=C2/CC3CCC2(C)C3(C)C)nnc1C. The standard InChI is InChI=1S/C18H26N4O2/c1-11-8-16(22-19-12(11)2)24-10-15(23)21-20-14-9-13-6-7-18(14,5)17(13,3)4/h8,13H,6-7,9-10H2,1-5H3,(H,21,23)/b20-14-. The second-order valence-electron chi connectivity index (χ2n) is 7.83. The molecule has 2 unspecified atom stereocenters. The Bertz CT molecular complexity index is 698. The number of hydrazone groups is 1. The van der Waals surface area contributed by atoms with Gasteiger partial charge in [-0.05, 0) is 50.0 Å². The van der Waals surface area contributed by atoms with Gasteiger partial charge in [0.1, 0.15) is 0 Å². The van der Waals surface area contributed by atoms with Crippen LogP contribution < -0.4 is 10.2 Å². The van der Waals surface area contributed by atoms with Gasteiger partial charge in [0.25, 0.3) is 5.91 Å². The highest BCUT2D eigenvalue weighted by Crippen LogP contribution is 2.63. The number of nitrogens with zero attached hydrogens (tertiary/aromatic N) is 3. The maximum Gasteiger partial charge on any atom is 0.278 e. The van der Waals surface area contributed by atoms with E-state index in [1.54, 1.807) is 6.07 Å². The summed E-state index contributed by atoms with van der Waals surface area (Å²) in [6.45, 7) is 10.6. The molecule has 0 spiro atoms. The normalized spacial score (nSPS) is 29.0. The lowest BCUT2D eigenvalue weighted by Crippen LogP contribution is -2.35. The molecule has 2 fully saturated rings. The minimum Gasteiger partial charge on any atom is -0.466 e. The first-order chi connectivity index (χ1) is 11.2. The van der Waals surface area contributed by atoms with Crippen LogP contribution in [0.1, 0.15) is 51.3 Å². The molecule has 0 aromatic carbocycles. The molecule has 2 aliphatic carbocycles. The molecular formula is C18H26N4O2. The Hall–Kier alpha value is -1.98. The number of hydrogen-bond donors (Lipinski definition) is 1. The molecule has 1 amide bonds. The summed E-state index contributed by atoms with van der Waals surface area (Å²) in [5.41, 5.74) is 5.94. The molecule has 0 aliphatic heterocycles. The van der Waals surface area contributed by atoms with Gasteiger partial charge in [0.05, 0.1) is 5.69 Å². The lowest BCUT2D eigenvalue weighted by atomic mass is 9.70. The molecule has 2 bridgehead atoms. The summed E-state index contributed by atoms with van der Waals surface area (Å²) in [5, 5.41) is 12.3. The maximum atomic E-state index is 12.0. The highest BCUT2D eigenvalue weighted by Gasteiger charge is 2.59. The Morgan fingerprint density at radius 2 is 2.12 bits per heavy atom. The Morgan fingerprint density at radius 1 is 1.38 bits per heavy atom. The number of hydrogen-bond acceptors (Lipinski definition) is 5. The van der Waals surface area contributed by atoms with Crippen molar-refractivity contribution < 1.29 is 9.53 Å². The summed E-state index contributed by atoms with van der Waals surface area (Å²) in [4.78, 5) is 12.0. The molecule has 0 saturated heterocycles. The van der Waals surface area contributed by atoms with Gasteiger partial charge in [-0.25, -0.2) is 5.43 Å². The van der Waals surface area contributed by atoms with Crippen LogP contribution in [0.5, 0.6) is 5.88 Å². The molecular weight excluding hydrogens is 304 g/mol. The van der Waals surface area contributed by atoms with Crippen molar-refractivity contribution in [1.29, 1.82) is 0 Å². The van der Waals surface area contributed by atoms with Gasteiger partial charge < -0.3 is 4.74 Å². The Labute approximate surface area is 143 Å². The van der Waals surface area contributed by atoms with E-state index in [4.69, 9.17) is 4.74 Å². The lowest BCUT2D eigenvalue weighted by Gasteiger charge is -2.34. The fourth-order valence-corrected chi connectivity index (χ4v) is 3.99. The fraction of sp³-hybridized carbons (Fsp3) is 0.667. The van der Waals surface area contributed by atoms with Crippen molar-refractivity contribution in [3.8, 4) is 5.88 Å². The van der Waals surface area contributed by atoms with E-state index in [0.29, 0.717) is 11.8 Å². The van der Waals surface area contributed by atoms with Crippen LogP contribution in [-0.4, -0.2) is 28.4 Å². The lowest BCUT2D eigenvalue weighted by molar-refractivity contribution is -0.123. The van der Waals surface area contributed by atoms with E-state index < -0.39 is 0 Å². The molecule has 6 nitrogen and oxygen atoms in total. The number of amides is 1. The number of carbonyl (C=O) groups is 1. The third-order valence-electron chi connectivity index (χ3n) is 6.39. The molecule has 1 N–H and O–H groups in total. The summed E-state index contributed by atoms with van der Waals surface area (Å²) in [7, 11) is 0. The van der Waals surface area contributed by atoms with Crippen LogP contribution in [0.2, 0.25) is 0 Å². The monoisotopic (exact) mass is 330 g/mol. The Morgan fingerprint density at radius 3 is 2.71 bits per heavy atom. The van der Waals surface area contributed by atoms with E-state index in [1.165, 1.54) is 6.42 Å². The average molecular weight is 330 g/mol. The van der Waals surface area contributed by atoms with Gasteiger partial charge in [-0.2, -0.15) is 10.2 Å². The molecule has 24 heavy (non-hydrogen) atoms. The number of aryl methyl sites for hydroxylation is 2. The summed E-state index contributed by atoms with van der Waals surface area (Å²) in [5.74, 6) is 0.751. The predicted molar refractivity (Wildman–Crippen MR) is 91.8 cm³/mol. The average Bonchev–Trinajstić information content (AvgIpc) is 2.87. The van der Waals surface area contributed by atoms with Gasteiger partial charge in [0, 0.05) is 17.2 Å². The first-order valence-electron chi connectivity index (χ1n) is 8.53. The number of nitrogens with one attached hydrogen (secondary N) is 1. The zero-order chi connectivity index (χ0) is 17.5. The zero-order valence-corrected chi connectivity index (χ0v) is 15.1. The number of carbonyl (C=O) groups excluding carboxylic acids is 1. The summed E-state index contributed by atoms with van der Waals surface area (Å²) in [6.07, 6.45) is 3.38. The topological polar surface area (TPSA) is 76.5 Å². The van der Waals surface area contributed by atoms with E-state index in [-0.39, 0.29) is 23.3 Å². The van der Waals surface area contributed by atoms with E-state index in [2.05, 4.69) is 41.5 Å². The molecule has 1 aromatic heterocycles. The quantitative estimate of drug-likeness (QED) is 0.861. The van der Waals surface area contributed by atoms with Crippen molar-refractivity contribution in [2.75, 3.05) is 6.61 Å². The van der Waals surface area contributed by atoms with Crippen LogP contribution >= 0.6 is 0 Å². The second-order valence-corrected chi connectivity index (χ2v) is 7.83. The number of aromatic nitrogens is 2. The smallest absolute Gasteiger partial charge is 0.278 e. The maximum absolute atomic E-state index is 12.0. The van der Waals surface area contributed by atoms with Crippen molar-refractivity contribution in [2.24, 2.45) is 21.8 Å². The highest BCUT2D eigenvalue weighted by atomic mass is 16.5. The molecule has 130 valence electrons. The molecule has 1 aromatic rings. The third kappa shape index (κ3) is 2.68. The Kier molecular flexibility index (Phi) is 4.10. The molecule has 2 aliphatic rings. The molecule has 2 saturated carbocycles. The summed E-state index contributed by atoms with van der Waals surface area (Å²) >= 11 is 0. The molecule has 2 atom stereocenters.